The SMILES string of the molecule is CCOc1ccc(-n2c(C)c3c(C)nnc(Nc4cccc(NC(C)=O)c4)c3c2C)c(OC)c1. The topological polar surface area (TPSA) is 90.3 Å². The maximum absolute atomic E-state index is 11.4. The lowest BCUT2D eigenvalue weighted by Crippen LogP contribution is -2.06. The molecule has 0 aliphatic carbocycles. The monoisotopic (exact) mass is 459 g/mol. The molecule has 2 aromatic heterocycles. The summed E-state index contributed by atoms with van der Waals surface area (Å²) in [4.78, 5) is 11.4. The maximum Gasteiger partial charge on any atom is 0.221 e. The zero-order chi connectivity index (χ0) is 24.4. The van der Waals surface area contributed by atoms with Crippen LogP contribution in [-0.2, 0) is 4.79 Å². The van der Waals surface area contributed by atoms with Crippen molar-refractivity contribution in [2.75, 3.05) is 24.4 Å². The van der Waals surface area contributed by atoms with E-state index in [0.717, 1.165) is 45.0 Å². The van der Waals surface area contributed by atoms with Crippen LogP contribution in [-0.4, -0.2) is 34.4 Å². The molecule has 34 heavy (non-hydrogen) atoms. The van der Waals surface area contributed by atoms with Gasteiger partial charge >= 0.3 is 0 Å². The third kappa shape index (κ3) is 4.26. The normalized spacial score (nSPS) is 10.9. The van der Waals surface area contributed by atoms with E-state index in [1.165, 1.54) is 6.92 Å². The summed E-state index contributed by atoms with van der Waals surface area (Å²) >= 11 is 0. The van der Waals surface area contributed by atoms with Crippen molar-refractivity contribution in [1.29, 1.82) is 0 Å². The van der Waals surface area contributed by atoms with Crippen molar-refractivity contribution in [3.63, 3.8) is 0 Å². The molecule has 8 heteroatoms. The zero-order valence-corrected chi connectivity index (χ0v) is 20.3. The number of anilines is 3. The third-order valence-corrected chi connectivity index (χ3v) is 5.69. The Bertz CT molecular complexity index is 1380. The number of ether oxygens (including phenoxy) is 2. The first kappa shape index (κ1) is 23.1. The zero-order valence-electron chi connectivity index (χ0n) is 20.3. The van der Waals surface area contributed by atoms with E-state index in [1.54, 1.807) is 7.11 Å². The Balaban J connectivity index is 1.85. The fourth-order valence-corrected chi connectivity index (χ4v) is 4.36. The van der Waals surface area contributed by atoms with Crippen LogP contribution in [0.4, 0.5) is 17.2 Å². The summed E-state index contributed by atoms with van der Waals surface area (Å²) < 4.78 is 13.5. The van der Waals surface area contributed by atoms with E-state index in [0.29, 0.717) is 23.9 Å². The molecule has 0 spiro atoms. The molecule has 2 heterocycles. The lowest BCUT2D eigenvalue weighted by molar-refractivity contribution is -0.114. The number of benzene rings is 2. The fourth-order valence-electron chi connectivity index (χ4n) is 4.36. The van der Waals surface area contributed by atoms with Crippen LogP contribution in [0.2, 0.25) is 0 Å². The fraction of sp³-hybridized carbons (Fsp3) is 0.269. The summed E-state index contributed by atoms with van der Waals surface area (Å²) in [5, 5.41) is 17.1. The summed E-state index contributed by atoms with van der Waals surface area (Å²) in [5.41, 5.74) is 5.31. The molecule has 1 amide bonds. The number of methoxy groups -OCH3 is 1. The van der Waals surface area contributed by atoms with Gasteiger partial charge in [0, 0.05) is 46.5 Å². The van der Waals surface area contributed by atoms with Gasteiger partial charge in [-0.3, -0.25) is 4.79 Å². The van der Waals surface area contributed by atoms with Crippen molar-refractivity contribution >= 4 is 33.9 Å². The lowest BCUT2D eigenvalue weighted by atomic mass is 10.1. The molecule has 0 unspecified atom stereocenters. The Hall–Kier alpha value is -4.07. The van der Waals surface area contributed by atoms with Gasteiger partial charge in [0.05, 0.1) is 25.1 Å². The van der Waals surface area contributed by atoms with Gasteiger partial charge in [0.1, 0.15) is 11.5 Å². The van der Waals surface area contributed by atoms with Gasteiger partial charge in [0.15, 0.2) is 5.82 Å². The smallest absolute Gasteiger partial charge is 0.221 e. The Morgan fingerprint density at radius 3 is 2.44 bits per heavy atom. The highest BCUT2D eigenvalue weighted by atomic mass is 16.5. The van der Waals surface area contributed by atoms with Gasteiger partial charge in [-0.2, -0.15) is 5.10 Å². The minimum absolute atomic E-state index is 0.123. The molecule has 0 radical (unpaired) electrons. The van der Waals surface area contributed by atoms with Crippen LogP contribution >= 0.6 is 0 Å². The molecule has 0 aliphatic heterocycles. The summed E-state index contributed by atoms with van der Waals surface area (Å²) in [6.07, 6.45) is 0. The van der Waals surface area contributed by atoms with Gasteiger partial charge < -0.3 is 24.7 Å². The molecule has 4 aromatic rings. The van der Waals surface area contributed by atoms with Crippen molar-refractivity contribution < 1.29 is 14.3 Å². The minimum atomic E-state index is -0.123. The number of hydrogen-bond acceptors (Lipinski definition) is 6. The maximum atomic E-state index is 11.4. The average molecular weight is 460 g/mol. The summed E-state index contributed by atoms with van der Waals surface area (Å²) in [6.45, 7) is 10.1. The molecular formula is C26H29N5O3. The Morgan fingerprint density at radius 1 is 1.00 bits per heavy atom. The summed E-state index contributed by atoms with van der Waals surface area (Å²) in [7, 11) is 1.66. The van der Waals surface area contributed by atoms with Gasteiger partial charge in [-0.1, -0.05) is 6.07 Å². The molecule has 2 aromatic carbocycles. The predicted octanol–water partition coefficient (Wildman–Crippen LogP) is 5.46. The summed E-state index contributed by atoms with van der Waals surface area (Å²) in [5.74, 6) is 2.00. The molecular weight excluding hydrogens is 430 g/mol. The number of nitrogens with zero attached hydrogens (tertiary/aromatic N) is 3. The number of aryl methyl sites for hydroxylation is 3. The largest absolute Gasteiger partial charge is 0.494 e. The van der Waals surface area contributed by atoms with Gasteiger partial charge in [-0.05, 0) is 58.0 Å². The number of hydrogen-bond donors (Lipinski definition) is 2. The Labute approximate surface area is 198 Å². The molecule has 0 saturated heterocycles. The number of nitrogens with one attached hydrogen (secondary N) is 2. The van der Waals surface area contributed by atoms with E-state index in [-0.39, 0.29) is 5.91 Å². The quantitative estimate of drug-likeness (QED) is 0.382. The van der Waals surface area contributed by atoms with Crippen molar-refractivity contribution in [3.05, 3.63) is 59.5 Å². The van der Waals surface area contributed by atoms with Crippen LogP contribution in [0, 0.1) is 20.8 Å². The Kier molecular flexibility index (Phi) is 6.40. The van der Waals surface area contributed by atoms with E-state index in [2.05, 4.69) is 39.2 Å². The molecule has 8 nitrogen and oxygen atoms in total. The highest BCUT2D eigenvalue weighted by molar-refractivity contribution is 6.00. The molecule has 176 valence electrons. The van der Waals surface area contributed by atoms with Crippen LogP contribution in [0.3, 0.4) is 0 Å². The van der Waals surface area contributed by atoms with Crippen molar-refractivity contribution in [3.8, 4) is 17.2 Å². The Morgan fingerprint density at radius 2 is 1.74 bits per heavy atom. The highest BCUT2D eigenvalue weighted by Gasteiger charge is 2.21. The van der Waals surface area contributed by atoms with E-state index in [9.17, 15) is 4.79 Å². The number of aromatic nitrogens is 3. The van der Waals surface area contributed by atoms with Gasteiger partial charge in [0.25, 0.3) is 0 Å². The first-order valence-electron chi connectivity index (χ1n) is 11.1. The van der Waals surface area contributed by atoms with Crippen LogP contribution in [0.5, 0.6) is 11.5 Å². The average Bonchev–Trinajstić information content (AvgIpc) is 3.07. The second-order valence-electron chi connectivity index (χ2n) is 8.04. The van der Waals surface area contributed by atoms with Crippen LogP contribution in [0.15, 0.2) is 42.5 Å². The molecule has 2 N–H and O–H groups in total. The number of carbonyl (C=O) groups is 1. The minimum Gasteiger partial charge on any atom is -0.494 e. The molecule has 0 saturated carbocycles. The van der Waals surface area contributed by atoms with Crippen LogP contribution in [0.1, 0.15) is 30.9 Å². The van der Waals surface area contributed by atoms with Crippen molar-refractivity contribution in [2.24, 2.45) is 0 Å². The lowest BCUT2D eigenvalue weighted by Gasteiger charge is -2.15. The number of amides is 1. The second kappa shape index (κ2) is 9.43. The van der Waals surface area contributed by atoms with Crippen molar-refractivity contribution in [2.45, 2.75) is 34.6 Å². The van der Waals surface area contributed by atoms with Gasteiger partial charge in [0.2, 0.25) is 5.91 Å². The predicted molar refractivity (Wildman–Crippen MR) is 135 cm³/mol. The van der Waals surface area contributed by atoms with E-state index in [4.69, 9.17) is 9.47 Å². The van der Waals surface area contributed by atoms with Crippen LogP contribution < -0.4 is 20.1 Å². The number of fused-ring (bicyclic) bond motifs is 1. The first-order chi connectivity index (χ1) is 16.3. The molecule has 0 bridgehead atoms. The van der Waals surface area contributed by atoms with Crippen molar-refractivity contribution in [1.82, 2.24) is 14.8 Å². The third-order valence-electron chi connectivity index (χ3n) is 5.69. The second-order valence-corrected chi connectivity index (χ2v) is 8.04. The molecule has 0 aliphatic rings. The molecule has 0 fully saturated rings. The first-order valence-corrected chi connectivity index (χ1v) is 11.1. The molecule has 0 atom stereocenters. The van der Waals surface area contributed by atoms with Gasteiger partial charge in [-0.25, -0.2) is 0 Å². The molecule has 4 rings (SSSR count). The van der Waals surface area contributed by atoms with E-state index < -0.39 is 0 Å². The van der Waals surface area contributed by atoms with Crippen LogP contribution in [0.25, 0.3) is 16.5 Å². The van der Waals surface area contributed by atoms with E-state index in [1.807, 2.05) is 56.3 Å². The standard InChI is InChI=1S/C26H29N5O3/c1-7-34-21-11-12-22(23(14-21)33-6)31-16(3)24-15(2)29-30-26(25(24)17(31)4)28-20-10-8-9-19(13-20)27-18(5)32/h8-14H,7H2,1-6H3,(H,27,32)(H,28,30). The summed E-state index contributed by atoms with van der Waals surface area (Å²) in [6, 6.07) is 13.4. The number of carbonyl (C=O) groups excluding carboxylic acids is 1. The highest BCUT2D eigenvalue weighted by Crippen LogP contribution is 2.38. The van der Waals surface area contributed by atoms with E-state index >= 15 is 0 Å². The van der Waals surface area contributed by atoms with Gasteiger partial charge in [-0.15, -0.1) is 5.10 Å². The number of rotatable bonds is 7.